The molecule has 0 atom stereocenters. The Bertz CT molecular complexity index is 591. The molecule has 1 saturated heterocycles. The highest BCUT2D eigenvalue weighted by Crippen LogP contribution is 2.21. The smallest absolute Gasteiger partial charge is 0.124 e. The molecule has 1 aliphatic rings. The zero-order chi connectivity index (χ0) is 13.9. The third-order valence-corrected chi connectivity index (χ3v) is 4.14. The van der Waals surface area contributed by atoms with Crippen LogP contribution in [0.25, 0.3) is 10.9 Å². The highest BCUT2D eigenvalue weighted by Gasteiger charge is 2.18. The number of hydrogen-bond donors (Lipinski definition) is 1. The van der Waals surface area contributed by atoms with Gasteiger partial charge in [-0.1, -0.05) is 6.07 Å². The van der Waals surface area contributed by atoms with Crippen molar-refractivity contribution >= 4 is 10.9 Å². The van der Waals surface area contributed by atoms with E-state index in [2.05, 4.69) is 15.2 Å². The summed E-state index contributed by atoms with van der Waals surface area (Å²) in [6.07, 6.45) is 4.07. The number of benzene rings is 1. The summed E-state index contributed by atoms with van der Waals surface area (Å²) in [7, 11) is 2.02. The van der Waals surface area contributed by atoms with Crippen LogP contribution in [0.5, 0.6) is 0 Å². The molecule has 0 spiro atoms. The maximum Gasteiger partial charge on any atom is 0.124 e. The van der Waals surface area contributed by atoms with Crippen molar-refractivity contribution in [1.82, 2.24) is 15.2 Å². The van der Waals surface area contributed by atoms with Crippen LogP contribution >= 0.6 is 0 Å². The van der Waals surface area contributed by atoms with E-state index in [1.807, 2.05) is 19.2 Å². The molecule has 2 heterocycles. The maximum absolute atomic E-state index is 13.7. The molecule has 0 amide bonds. The van der Waals surface area contributed by atoms with Crippen molar-refractivity contribution in [2.24, 2.45) is 0 Å². The molecule has 3 rings (SSSR count). The van der Waals surface area contributed by atoms with Crippen LogP contribution in [0.2, 0.25) is 0 Å². The van der Waals surface area contributed by atoms with Gasteiger partial charge in [0.25, 0.3) is 0 Å². The van der Waals surface area contributed by atoms with Gasteiger partial charge in [0.15, 0.2) is 0 Å². The van der Waals surface area contributed by atoms with Crippen LogP contribution in [0.4, 0.5) is 4.39 Å². The molecule has 20 heavy (non-hydrogen) atoms. The first-order valence-electron chi connectivity index (χ1n) is 7.19. The summed E-state index contributed by atoms with van der Waals surface area (Å²) in [4.78, 5) is 6.80. The number of nitrogens with one attached hydrogen (secondary N) is 1. The van der Waals surface area contributed by atoms with Gasteiger partial charge in [-0.25, -0.2) is 4.39 Å². The molecule has 2 aromatic rings. The molecule has 0 saturated carbocycles. The van der Waals surface area contributed by atoms with Gasteiger partial charge in [-0.2, -0.15) is 0 Å². The molecule has 1 aromatic carbocycles. The minimum atomic E-state index is -0.175. The van der Waals surface area contributed by atoms with Gasteiger partial charge in [-0.15, -0.1) is 0 Å². The summed E-state index contributed by atoms with van der Waals surface area (Å²) in [5.74, 6) is -0.175. The second kappa shape index (κ2) is 5.85. The van der Waals surface area contributed by atoms with Crippen molar-refractivity contribution in [2.45, 2.75) is 25.4 Å². The number of pyridine rings is 1. The maximum atomic E-state index is 13.7. The number of halogens is 1. The van der Waals surface area contributed by atoms with Crippen molar-refractivity contribution in [2.75, 3.05) is 20.1 Å². The average molecular weight is 273 g/mol. The Labute approximate surface area is 118 Å². The fraction of sp³-hybridized carbons (Fsp3) is 0.438. The topological polar surface area (TPSA) is 28.2 Å². The molecule has 106 valence electrons. The van der Waals surface area contributed by atoms with Crippen LogP contribution in [-0.4, -0.2) is 36.1 Å². The zero-order valence-corrected chi connectivity index (χ0v) is 11.8. The number of piperidine rings is 1. The number of likely N-dealkylation sites (tertiary alicyclic amines) is 1. The average Bonchev–Trinajstić information content (AvgIpc) is 2.48. The van der Waals surface area contributed by atoms with Gasteiger partial charge in [0, 0.05) is 24.2 Å². The van der Waals surface area contributed by atoms with Crippen LogP contribution in [0.3, 0.4) is 0 Å². The van der Waals surface area contributed by atoms with Gasteiger partial charge in [-0.05, 0) is 56.7 Å². The van der Waals surface area contributed by atoms with Crippen molar-refractivity contribution < 1.29 is 4.39 Å². The lowest BCUT2D eigenvalue weighted by Crippen LogP contribution is -2.40. The molecule has 1 aromatic heterocycles. The van der Waals surface area contributed by atoms with Crippen LogP contribution in [0.15, 0.2) is 30.5 Å². The highest BCUT2D eigenvalue weighted by molar-refractivity contribution is 5.81. The molecule has 0 unspecified atom stereocenters. The lowest BCUT2D eigenvalue weighted by molar-refractivity contribution is 0.195. The summed E-state index contributed by atoms with van der Waals surface area (Å²) in [6.45, 7) is 2.88. The van der Waals surface area contributed by atoms with E-state index in [4.69, 9.17) is 0 Å². The molecule has 3 nitrogen and oxygen atoms in total. The number of aromatic nitrogens is 1. The standard InChI is InChI=1S/C16H20FN3/c1-18-15-4-7-20(8-5-15)11-13-10-14(17)9-12-3-2-6-19-16(12)13/h2-3,6,9-10,15,18H,4-5,7-8,11H2,1H3. The predicted molar refractivity (Wildman–Crippen MR) is 79.1 cm³/mol. The molecule has 1 aliphatic heterocycles. The minimum Gasteiger partial charge on any atom is -0.317 e. The summed E-state index contributed by atoms with van der Waals surface area (Å²) < 4.78 is 13.7. The molecular formula is C16H20FN3. The first-order valence-corrected chi connectivity index (χ1v) is 7.19. The Morgan fingerprint density at radius 1 is 1.35 bits per heavy atom. The molecule has 4 heteroatoms. The van der Waals surface area contributed by atoms with E-state index >= 15 is 0 Å². The molecule has 0 bridgehead atoms. The number of nitrogens with zero attached hydrogens (tertiary/aromatic N) is 2. The normalized spacial score (nSPS) is 17.7. The SMILES string of the molecule is CNC1CCN(Cc2cc(F)cc3cccnc23)CC1. The van der Waals surface area contributed by atoms with E-state index in [9.17, 15) is 4.39 Å². The third kappa shape index (κ3) is 2.81. The third-order valence-electron chi connectivity index (χ3n) is 4.14. The monoisotopic (exact) mass is 273 g/mol. The summed E-state index contributed by atoms with van der Waals surface area (Å²) >= 11 is 0. The number of hydrogen-bond acceptors (Lipinski definition) is 3. The Morgan fingerprint density at radius 3 is 2.90 bits per heavy atom. The van der Waals surface area contributed by atoms with E-state index in [1.54, 1.807) is 18.3 Å². The molecule has 1 N–H and O–H groups in total. The molecule has 1 fully saturated rings. The van der Waals surface area contributed by atoms with Gasteiger partial charge in [0.1, 0.15) is 5.82 Å². The van der Waals surface area contributed by atoms with E-state index in [-0.39, 0.29) is 5.82 Å². The Kier molecular flexibility index (Phi) is 3.94. The van der Waals surface area contributed by atoms with Crippen molar-refractivity contribution in [3.05, 3.63) is 41.8 Å². The number of fused-ring (bicyclic) bond motifs is 1. The van der Waals surface area contributed by atoms with E-state index in [1.165, 1.54) is 0 Å². The van der Waals surface area contributed by atoms with E-state index in [0.717, 1.165) is 48.9 Å². The van der Waals surface area contributed by atoms with Crippen molar-refractivity contribution in [3.8, 4) is 0 Å². The quantitative estimate of drug-likeness (QED) is 0.931. The van der Waals surface area contributed by atoms with Crippen LogP contribution in [0.1, 0.15) is 18.4 Å². The Hall–Kier alpha value is -1.52. The van der Waals surface area contributed by atoms with Gasteiger partial charge in [-0.3, -0.25) is 9.88 Å². The fourth-order valence-corrected chi connectivity index (χ4v) is 2.97. The summed E-state index contributed by atoms with van der Waals surface area (Å²) in [5.41, 5.74) is 1.91. The largest absolute Gasteiger partial charge is 0.317 e. The molecule has 0 radical (unpaired) electrons. The Morgan fingerprint density at radius 2 is 2.15 bits per heavy atom. The van der Waals surface area contributed by atoms with E-state index in [0.29, 0.717) is 6.04 Å². The van der Waals surface area contributed by atoms with Crippen LogP contribution in [0, 0.1) is 5.82 Å². The highest BCUT2D eigenvalue weighted by atomic mass is 19.1. The first-order chi connectivity index (χ1) is 9.76. The molecule has 0 aliphatic carbocycles. The second-order valence-electron chi connectivity index (χ2n) is 5.48. The van der Waals surface area contributed by atoms with Crippen LogP contribution < -0.4 is 5.32 Å². The predicted octanol–water partition coefficient (Wildman–Crippen LogP) is 2.56. The van der Waals surface area contributed by atoms with Gasteiger partial charge in [0.2, 0.25) is 0 Å². The zero-order valence-electron chi connectivity index (χ0n) is 11.8. The fourth-order valence-electron chi connectivity index (χ4n) is 2.97. The molecular weight excluding hydrogens is 253 g/mol. The lowest BCUT2D eigenvalue weighted by Gasteiger charge is -2.31. The van der Waals surface area contributed by atoms with E-state index < -0.39 is 0 Å². The summed E-state index contributed by atoms with van der Waals surface area (Å²) in [5, 5.41) is 4.21. The van der Waals surface area contributed by atoms with Crippen molar-refractivity contribution in [1.29, 1.82) is 0 Å². The lowest BCUT2D eigenvalue weighted by atomic mass is 10.0. The number of rotatable bonds is 3. The van der Waals surface area contributed by atoms with Crippen LogP contribution in [-0.2, 0) is 6.54 Å². The second-order valence-corrected chi connectivity index (χ2v) is 5.48. The first kappa shape index (κ1) is 13.5. The summed E-state index contributed by atoms with van der Waals surface area (Å²) in [6, 6.07) is 7.57. The van der Waals surface area contributed by atoms with Gasteiger partial charge >= 0.3 is 0 Å². The van der Waals surface area contributed by atoms with Crippen molar-refractivity contribution in [3.63, 3.8) is 0 Å². The Balaban J connectivity index is 1.81. The van der Waals surface area contributed by atoms with Gasteiger partial charge < -0.3 is 5.32 Å². The minimum absolute atomic E-state index is 0.175. The van der Waals surface area contributed by atoms with Gasteiger partial charge in [0.05, 0.1) is 5.52 Å².